The molecule has 4 aromatic rings. The second-order valence-electron chi connectivity index (χ2n) is 19.6. The van der Waals surface area contributed by atoms with Gasteiger partial charge in [0.25, 0.3) is 0 Å². The fraction of sp³-hybridized carbons (Fsp3) is 0.472. The number of likely N-dealkylation sites (tertiary alicyclic amines) is 1. The molecule has 7 atom stereocenters. The maximum absolute atomic E-state index is 14.1. The predicted molar refractivity (Wildman–Crippen MR) is 266 cm³/mol. The van der Waals surface area contributed by atoms with Crippen LogP contribution < -0.4 is 32.3 Å². The van der Waals surface area contributed by atoms with Crippen molar-refractivity contribution in [1.82, 2.24) is 25.8 Å². The first kappa shape index (κ1) is 50.9. The third-order valence-corrected chi connectivity index (χ3v) is 14.3. The predicted octanol–water partition coefficient (Wildman–Crippen LogP) is 4.42. The number of carbonyl (C=O) groups excluding carboxylic acids is 5. The summed E-state index contributed by atoms with van der Waals surface area (Å²) in [5.74, 6) is 4.58. The number of nitrogens with one attached hydrogen (secondary N) is 3. The molecule has 15 nitrogen and oxygen atoms in total. The molecule has 8 N–H and O–H groups in total. The molecule has 1 saturated heterocycles. The van der Waals surface area contributed by atoms with Crippen LogP contribution in [-0.4, -0.2) is 100 Å². The Hall–Kier alpha value is -5.96. The number of ether oxygens (including phenoxy) is 1. The number of aliphatic hydroxyl groups is 1. The van der Waals surface area contributed by atoms with Crippen LogP contribution in [0.15, 0.2) is 72.2 Å². The van der Waals surface area contributed by atoms with Gasteiger partial charge < -0.3 is 42.2 Å². The minimum absolute atomic E-state index is 0.0419. The highest BCUT2D eigenvalue weighted by Gasteiger charge is 2.44. The van der Waals surface area contributed by atoms with Crippen molar-refractivity contribution in [3.05, 3.63) is 106 Å². The van der Waals surface area contributed by atoms with E-state index >= 15 is 0 Å². The largest absolute Gasteiger partial charge is 0.391 e. The molecule has 1 fully saturated rings. The molecule has 0 spiro atoms. The molecule has 3 aliphatic rings. The molecular formula is C53H66N8O7S. The van der Waals surface area contributed by atoms with Gasteiger partial charge in [0, 0.05) is 56.9 Å². The number of benzene rings is 3. The number of anilines is 1. The van der Waals surface area contributed by atoms with Crippen LogP contribution >= 0.6 is 11.3 Å². The smallest absolute Gasteiger partial charge is 0.246 e. The zero-order valence-corrected chi connectivity index (χ0v) is 41.1. The van der Waals surface area contributed by atoms with E-state index in [1.807, 2.05) is 82.6 Å². The van der Waals surface area contributed by atoms with E-state index in [1.165, 1.54) is 0 Å². The number of carbonyl (C=O) groups is 5. The summed E-state index contributed by atoms with van der Waals surface area (Å²) < 4.78 is 6.23. The summed E-state index contributed by atoms with van der Waals surface area (Å²) in [7, 11) is 0. The first-order chi connectivity index (χ1) is 33.0. The van der Waals surface area contributed by atoms with E-state index in [0.717, 1.165) is 49.6 Å². The standard InChI is InChI=1S/C53H66N8O7S/c1-32-48(69-31-57-32)38-19-17-35(18-20-38)27-56-28-40-26-41(62)29-60(40)52(67)49(53(3,4)5)59-46(64)12-7-6-9-34-13-15-36(16-14-34)30-68-33(2)43(23-24-45(55)63)58-50(65)44-25-39-11-8-10-37-21-22-42(54)51(66)61(44)47(37)39/h8,10-11,13-20,31,33,40-44,49,56,62H,7,12,21-30,54H2,1-5H3,(H2,55,63)(H,58,65)(H,59,64)/t33-,40+,41-,42+,43+,44+,49-/m1/s1. The summed E-state index contributed by atoms with van der Waals surface area (Å²) in [6.07, 6.45) is 1.51. The molecule has 0 unspecified atom stereocenters. The van der Waals surface area contributed by atoms with E-state index in [-0.39, 0.29) is 68.5 Å². The normalized spacial score (nSPS) is 20.0. The van der Waals surface area contributed by atoms with Crippen molar-refractivity contribution in [3.63, 3.8) is 0 Å². The Morgan fingerprint density at radius 2 is 1.72 bits per heavy atom. The number of para-hydroxylation sites is 1. The minimum atomic E-state index is -0.793. The van der Waals surface area contributed by atoms with E-state index in [4.69, 9.17) is 16.2 Å². The van der Waals surface area contributed by atoms with Crippen molar-refractivity contribution in [2.75, 3.05) is 18.0 Å². The van der Waals surface area contributed by atoms with Gasteiger partial charge in [-0.25, -0.2) is 4.98 Å². The lowest BCUT2D eigenvalue weighted by Gasteiger charge is -2.35. The molecule has 16 heteroatoms. The van der Waals surface area contributed by atoms with Crippen molar-refractivity contribution in [2.24, 2.45) is 16.9 Å². The highest BCUT2D eigenvalue weighted by molar-refractivity contribution is 7.13. The van der Waals surface area contributed by atoms with E-state index in [2.05, 4.69) is 57.0 Å². The number of aliphatic hydroxyl groups excluding tert-OH is 1. The zero-order chi connectivity index (χ0) is 49.4. The third-order valence-electron chi connectivity index (χ3n) is 13.3. The maximum atomic E-state index is 14.1. The summed E-state index contributed by atoms with van der Waals surface area (Å²) in [4.78, 5) is 75.3. The van der Waals surface area contributed by atoms with Gasteiger partial charge in [0.2, 0.25) is 29.5 Å². The molecule has 5 amide bonds. The summed E-state index contributed by atoms with van der Waals surface area (Å²) in [5, 5.41) is 20.2. The molecule has 3 aromatic carbocycles. The molecule has 4 heterocycles. The number of thiazole rings is 1. The summed E-state index contributed by atoms with van der Waals surface area (Å²) >= 11 is 1.62. The van der Waals surface area contributed by atoms with Gasteiger partial charge in [-0.2, -0.15) is 0 Å². The number of aryl methyl sites for hydroxylation is 2. The lowest BCUT2D eigenvalue weighted by atomic mass is 9.85. The molecule has 366 valence electrons. The lowest BCUT2D eigenvalue weighted by Crippen LogP contribution is -2.56. The van der Waals surface area contributed by atoms with Crippen molar-refractivity contribution in [3.8, 4) is 22.3 Å². The van der Waals surface area contributed by atoms with Crippen LogP contribution in [0.25, 0.3) is 10.4 Å². The Labute approximate surface area is 409 Å². The average molecular weight is 959 g/mol. The van der Waals surface area contributed by atoms with Gasteiger partial charge in [0.05, 0.1) is 52.7 Å². The van der Waals surface area contributed by atoms with Crippen LogP contribution in [0.4, 0.5) is 5.69 Å². The van der Waals surface area contributed by atoms with Gasteiger partial charge in [-0.05, 0) is 84.9 Å². The fourth-order valence-electron chi connectivity index (χ4n) is 9.37. The van der Waals surface area contributed by atoms with Gasteiger partial charge in [-0.3, -0.25) is 28.9 Å². The molecule has 3 aliphatic heterocycles. The summed E-state index contributed by atoms with van der Waals surface area (Å²) in [6.45, 7) is 11.1. The van der Waals surface area contributed by atoms with Crippen LogP contribution in [-0.2, 0) is 54.7 Å². The molecule has 0 radical (unpaired) electrons. The average Bonchev–Trinajstić information content (AvgIpc) is 4.03. The Morgan fingerprint density at radius 3 is 2.42 bits per heavy atom. The Kier molecular flexibility index (Phi) is 16.7. The monoisotopic (exact) mass is 958 g/mol. The number of nitrogens with two attached hydrogens (primary N) is 2. The molecule has 7 rings (SSSR count). The van der Waals surface area contributed by atoms with E-state index in [1.54, 1.807) is 21.1 Å². The quantitative estimate of drug-likeness (QED) is 0.0771. The van der Waals surface area contributed by atoms with Gasteiger partial charge in [-0.1, -0.05) is 87.2 Å². The van der Waals surface area contributed by atoms with Crippen LogP contribution in [0, 0.1) is 24.2 Å². The molecule has 1 aromatic heterocycles. The number of rotatable bonds is 18. The molecule has 0 aliphatic carbocycles. The topological polar surface area (TPSA) is 222 Å². The maximum Gasteiger partial charge on any atom is 0.246 e. The van der Waals surface area contributed by atoms with Crippen molar-refractivity contribution < 1.29 is 33.8 Å². The van der Waals surface area contributed by atoms with Crippen molar-refractivity contribution >= 4 is 46.6 Å². The number of aromatic nitrogens is 1. The summed E-state index contributed by atoms with van der Waals surface area (Å²) in [6, 6.07) is 18.7. The van der Waals surface area contributed by atoms with Gasteiger partial charge >= 0.3 is 0 Å². The first-order valence-electron chi connectivity index (χ1n) is 23.9. The first-order valence-corrected chi connectivity index (χ1v) is 24.8. The van der Waals surface area contributed by atoms with Crippen LogP contribution in [0.3, 0.4) is 0 Å². The number of amides is 5. The molecule has 0 bridgehead atoms. The van der Waals surface area contributed by atoms with E-state index in [0.29, 0.717) is 38.8 Å². The Bertz CT molecular complexity index is 2550. The number of β-amino-alcohol motifs (C(OH)–C–C–N with tert-alkyl or cyclic N) is 1. The van der Waals surface area contributed by atoms with Gasteiger partial charge in [0.15, 0.2) is 0 Å². The number of nitrogens with zero attached hydrogens (tertiary/aromatic N) is 3. The van der Waals surface area contributed by atoms with E-state index < -0.39 is 47.7 Å². The number of primary amides is 1. The minimum Gasteiger partial charge on any atom is -0.391 e. The Balaban J connectivity index is 0.874. The van der Waals surface area contributed by atoms with Crippen molar-refractivity contribution in [2.45, 2.75) is 142 Å². The lowest BCUT2D eigenvalue weighted by molar-refractivity contribution is -0.140. The van der Waals surface area contributed by atoms with E-state index in [9.17, 15) is 29.1 Å². The number of hydrogen-bond donors (Lipinski definition) is 6. The van der Waals surface area contributed by atoms with Crippen molar-refractivity contribution in [1.29, 1.82) is 0 Å². The molecule has 0 saturated carbocycles. The van der Waals surface area contributed by atoms with Gasteiger partial charge in [-0.15, -0.1) is 11.3 Å². The number of hydrogen-bond acceptors (Lipinski definition) is 11. The molecular weight excluding hydrogens is 893 g/mol. The van der Waals surface area contributed by atoms with Gasteiger partial charge in [0.1, 0.15) is 12.1 Å². The third kappa shape index (κ3) is 12.8. The second kappa shape index (κ2) is 22.6. The fourth-order valence-corrected chi connectivity index (χ4v) is 10.2. The SMILES string of the molecule is Cc1ncsc1-c1ccc(CNC[C@@H]2C[C@@H](O)CN2C(=O)[C@@H](NC(=O)CCC#Cc2ccc(CO[C@H](C)[C@H](CCC(N)=O)NC(=O)[C@@H]3Cc4cccc5c4N3C(=O)[C@@H](N)CC5)cc2)C(C)(C)C)cc1. The summed E-state index contributed by atoms with van der Waals surface area (Å²) in [5.41, 5.74) is 20.6. The zero-order valence-electron chi connectivity index (χ0n) is 40.3. The van der Waals surface area contributed by atoms with Crippen LogP contribution in [0.2, 0.25) is 0 Å². The molecule has 69 heavy (non-hydrogen) atoms. The highest BCUT2D eigenvalue weighted by atomic mass is 32.1. The van der Waals surface area contributed by atoms with Crippen LogP contribution in [0.1, 0.15) is 99.7 Å². The Morgan fingerprint density at radius 1 is 1.00 bits per heavy atom. The highest BCUT2D eigenvalue weighted by Crippen LogP contribution is 2.39. The van der Waals surface area contributed by atoms with Crippen LogP contribution in [0.5, 0.6) is 0 Å². The second-order valence-corrected chi connectivity index (χ2v) is 20.5.